The molecule has 6 rings (SSSR count). The predicted octanol–water partition coefficient (Wildman–Crippen LogP) is 2.98. The molecule has 0 radical (unpaired) electrons. The van der Waals surface area contributed by atoms with Crippen LogP contribution in [0.4, 0.5) is 5.69 Å². The molecule has 5 aliphatic rings. The molecule has 0 spiro atoms. The number of rotatable bonds is 7. The van der Waals surface area contributed by atoms with E-state index in [1.165, 1.54) is 38.4 Å². The first kappa shape index (κ1) is 21.6. The summed E-state index contributed by atoms with van der Waals surface area (Å²) in [4.78, 5) is 43.4. The number of nitrogens with zero attached hydrogens (tertiary/aromatic N) is 2. The molecule has 1 saturated heterocycles. The van der Waals surface area contributed by atoms with Crippen LogP contribution in [0.15, 0.2) is 30.3 Å². The van der Waals surface area contributed by atoms with E-state index >= 15 is 0 Å². The number of hydrogen-bond donors (Lipinski definition) is 0. The van der Waals surface area contributed by atoms with Crippen LogP contribution < -0.4 is 4.90 Å². The standard InChI is InChI=1S/C25H32N2O5/c1-31-22(32-2)15-26(20-11-21(28)27(23(20)29)19-6-4-3-5-7-19)24(30)25-12-16-8-17(13-25)10-18(9-16)14-25/h3-7,16-18,20,22H,8-15H2,1-2H3. The highest BCUT2D eigenvalue weighted by molar-refractivity contribution is 6.23. The fourth-order valence-corrected chi connectivity index (χ4v) is 7.14. The molecule has 5 fully saturated rings. The van der Waals surface area contributed by atoms with Gasteiger partial charge in [-0.25, -0.2) is 4.90 Å². The number of para-hydroxylation sites is 1. The first-order chi connectivity index (χ1) is 15.4. The van der Waals surface area contributed by atoms with Gasteiger partial charge in [0.05, 0.1) is 24.1 Å². The van der Waals surface area contributed by atoms with Crippen LogP contribution in [0.2, 0.25) is 0 Å². The second kappa shape index (κ2) is 8.27. The van der Waals surface area contributed by atoms with E-state index in [1.54, 1.807) is 29.2 Å². The van der Waals surface area contributed by atoms with E-state index in [4.69, 9.17) is 9.47 Å². The molecule has 3 amide bonds. The quantitative estimate of drug-likeness (QED) is 0.481. The van der Waals surface area contributed by atoms with Crippen molar-refractivity contribution in [2.24, 2.45) is 23.2 Å². The van der Waals surface area contributed by atoms with Crippen molar-refractivity contribution in [3.05, 3.63) is 30.3 Å². The van der Waals surface area contributed by atoms with Crippen LogP contribution in [0.3, 0.4) is 0 Å². The third-order valence-electron chi connectivity index (χ3n) is 8.14. The highest BCUT2D eigenvalue weighted by Crippen LogP contribution is 2.60. The van der Waals surface area contributed by atoms with Gasteiger partial charge in [0.2, 0.25) is 11.8 Å². The predicted molar refractivity (Wildman–Crippen MR) is 117 cm³/mol. The number of hydrogen-bond acceptors (Lipinski definition) is 5. The molecule has 1 unspecified atom stereocenters. The molecule has 0 aromatic heterocycles. The zero-order valence-electron chi connectivity index (χ0n) is 18.9. The van der Waals surface area contributed by atoms with Gasteiger partial charge in [-0.1, -0.05) is 18.2 Å². The van der Waals surface area contributed by atoms with E-state index in [0.29, 0.717) is 23.4 Å². The number of ether oxygens (including phenoxy) is 2. The Kier molecular flexibility index (Phi) is 5.58. The summed E-state index contributed by atoms with van der Waals surface area (Å²) in [5.41, 5.74) is 0.131. The summed E-state index contributed by atoms with van der Waals surface area (Å²) in [5.74, 6) is 1.21. The van der Waals surface area contributed by atoms with Crippen molar-refractivity contribution in [2.75, 3.05) is 25.7 Å². The first-order valence-electron chi connectivity index (χ1n) is 11.7. The molecule has 1 aliphatic heterocycles. The minimum atomic E-state index is -0.823. The lowest BCUT2D eigenvalue weighted by atomic mass is 9.49. The Labute approximate surface area is 189 Å². The summed E-state index contributed by atoms with van der Waals surface area (Å²) in [6.45, 7) is 0.139. The van der Waals surface area contributed by atoms with Crippen molar-refractivity contribution in [1.29, 1.82) is 0 Å². The van der Waals surface area contributed by atoms with Gasteiger partial charge in [0.25, 0.3) is 5.91 Å². The maximum Gasteiger partial charge on any atom is 0.257 e. The minimum absolute atomic E-state index is 0.00795. The fourth-order valence-electron chi connectivity index (χ4n) is 7.14. The lowest BCUT2D eigenvalue weighted by Gasteiger charge is -2.57. The zero-order chi connectivity index (χ0) is 22.5. The summed E-state index contributed by atoms with van der Waals surface area (Å²) in [5, 5.41) is 0. The maximum absolute atomic E-state index is 14.2. The van der Waals surface area contributed by atoms with Crippen LogP contribution in [0.1, 0.15) is 44.9 Å². The molecule has 4 saturated carbocycles. The maximum atomic E-state index is 14.2. The van der Waals surface area contributed by atoms with Crippen molar-refractivity contribution < 1.29 is 23.9 Å². The number of benzene rings is 1. The van der Waals surface area contributed by atoms with E-state index in [1.807, 2.05) is 6.07 Å². The lowest BCUT2D eigenvalue weighted by Crippen LogP contribution is -2.59. The third-order valence-corrected chi connectivity index (χ3v) is 8.14. The van der Waals surface area contributed by atoms with Crippen LogP contribution in [0.5, 0.6) is 0 Å². The van der Waals surface area contributed by atoms with Gasteiger partial charge in [-0.15, -0.1) is 0 Å². The van der Waals surface area contributed by atoms with Gasteiger partial charge in [0, 0.05) is 14.2 Å². The molecular weight excluding hydrogens is 408 g/mol. The Morgan fingerprint density at radius 2 is 1.59 bits per heavy atom. The molecule has 0 N–H and O–H groups in total. The van der Waals surface area contributed by atoms with E-state index in [9.17, 15) is 14.4 Å². The van der Waals surface area contributed by atoms with Crippen LogP contribution in [-0.2, 0) is 23.9 Å². The summed E-state index contributed by atoms with van der Waals surface area (Å²) < 4.78 is 10.8. The third kappa shape index (κ3) is 3.55. The smallest absolute Gasteiger partial charge is 0.257 e. The van der Waals surface area contributed by atoms with Crippen molar-refractivity contribution in [2.45, 2.75) is 57.3 Å². The average Bonchev–Trinajstić information content (AvgIpc) is 3.07. The van der Waals surface area contributed by atoms with Crippen LogP contribution in [0, 0.1) is 23.2 Å². The molecule has 172 valence electrons. The largest absolute Gasteiger partial charge is 0.354 e. The Bertz CT molecular complexity index is 862. The molecule has 4 bridgehead atoms. The highest BCUT2D eigenvalue weighted by Gasteiger charge is 2.57. The molecule has 1 heterocycles. The highest BCUT2D eigenvalue weighted by atomic mass is 16.7. The number of anilines is 1. The summed E-state index contributed by atoms with van der Waals surface area (Å²) in [7, 11) is 3.05. The summed E-state index contributed by atoms with van der Waals surface area (Å²) in [6.07, 6.45) is 5.73. The second-order valence-corrected chi connectivity index (χ2v) is 10.2. The Hall–Kier alpha value is -2.25. The fraction of sp³-hybridized carbons (Fsp3) is 0.640. The van der Waals surface area contributed by atoms with Gasteiger partial charge >= 0.3 is 0 Å². The van der Waals surface area contributed by atoms with Gasteiger partial charge in [-0.05, 0) is 68.4 Å². The van der Waals surface area contributed by atoms with Crippen molar-refractivity contribution in [1.82, 2.24) is 4.90 Å². The van der Waals surface area contributed by atoms with E-state index < -0.39 is 17.7 Å². The Morgan fingerprint density at radius 3 is 2.12 bits per heavy atom. The second-order valence-electron chi connectivity index (χ2n) is 10.2. The summed E-state index contributed by atoms with van der Waals surface area (Å²) >= 11 is 0. The number of amides is 3. The normalized spacial score (nSPS) is 33.4. The molecule has 1 aromatic rings. The van der Waals surface area contributed by atoms with E-state index in [-0.39, 0.29) is 30.7 Å². The zero-order valence-corrected chi connectivity index (χ0v) is 18.9. The van der Waals surface area contributed by atoms with Crippen LogP contribution in [0.25, 0.3) is 0 Å². The van der Waals surface area contributed by atoms with Gasteiger partial charge in [0.15, 0.2) is 6.29 Å². The average molecular weight is 441 g/mol. The Balaban J connectivity index is 1.46. The van der Waals surface area contributed by atoms with Crippen molar-refractivity contribution >= 4 is 23.4 Å². The Morgan fingerprint density at radius 1 is 1.03 bits per heavy atom. The summed E-state index contributed by atoms with van der Waals surface area (Å²) in [6, 6.07) is 8.11. The SMILES string of the molecule is COC(CN(C(=O)C12CC3CC(CC(C3)C1)C2)C1CC(=O)N(c2ccccc2)C1=O)OC. The molecule has 1 atom stereocenters. The molecule has 7 nitrogen and oxygen atoms in total. The topological polar surface area (TPSA) is 76.2 Å². The lowest BCUT2D eigenvalue weighted by molar-refractivity contribution is -0.172. The number of imide groups is 1. The van der Waals surface area contributed by atoms with Gasteiger partial charge in [-0.2, -0.15) is 0 Å². The van der Waals surface area contributed by atoms with Crippen LogP contribution >= 0.6 is 0 Å². The molecule has 4 aliphatic carbocycles. The number of carbonyl (C=O) groups is 3. The number of carbonyl (C=O) groups excluding carboxylic acids is 3. The van der Waals surface area contributed by atoms with Gasteiger partial charge in [0.1, 0.15) is 6.04 Å². The van der Waals surface area contributed by atoms with Crippen LogP contribution in [-0.4, -0.2) is 55.7 Å². The molecule has 1 aromatic carbocycles. The van der Waals surface area contributed by atoms with Crippen molar-refractivity contribution in [3.8, 4) is 0 Å². The van der Waals surface area contributed by atoms with Crippen molar-refractivity contribution in [3.63, 3.8) is 0 Å². The molecule has 7 heteroatoms. The molecule has 32 heavy (non-hydrogen) atoms. The number of methoxy groups -OCH3 is 2. The van der Waals surface area contributed by atoms with E-state index in [0.717, 1.165) is 19.3 Å². The monoisotopic (exact) mass is 440 g/mol. The molecular formula is C25H32N2O5. The van der Waals surface area contributed by atoms with Gasteiger partial charge < -0.3 is 14.4 Å². The first-order valence-corrected chi connectivity index (χ1v) is 11.7. The minimum Gasteiger partial charge on any atom is -0.354 e. The van der Waals surface area contributed by atoms with E-state index in [2.05, 4.69) is 0 Å². The van der Waals surface area contributed by atoms with Gasteiger partial charge in [-0.3, -0.25) is 14.4 Å².